The molecule has 0 spiro atoms. The molecular formula is C14H9N5. The molecule has 0 saturated carbocycles. The minimum absolute atomic E-state index is 0.175. The number of nitriles is 1. The number of anilines is 1. The average Bonchev–Trinajstić information content (AvgIpc) is 2.46. The first kappa shape index (κ1) is 11.1. The molecule has 0 saturated heterocycles. The second-order valence-corrected chi connectivity index (χ2v) is 3.95. The van der Waals surface area contributed by atoms with E-state index in [-0.39, 0.29) is 5.82 Å². The van der Waals surface area contributed by atoms with Gasteiger partial charge in [0.05, 0.1) is 5.69 Å². The number of pyridine rings is 3. The van der Waals surface area contributed by atoms with Gasteiger partial charge in [-0.05, 0) is 24.3 Å². The number of nitrogens with two attached hydrogens (primary N) is 1. The monoisotopic (exact) mass is 247 g/mol. The lowest BCUT2D eigenvalue weighted by Gasteiger charge is -2.09. The van der Waals surface area contributed by atoms with Gasteiger partial charge in [0, 0.05) is 23.3 Å². The Morgan fingerprint density at radius 3 is 2.63 bits per heavy atom. The van der Waals surface area contributed by atoms with E-state index in [1.807, 2.05) is 24.3 Å². The molecule has 0 aliphatic rings. The van der Waals surface area contributed by atoms with Gasteiger partial charge >= 0.3 is 0 Å². The van der Waals surface area contributed by atoms with E-state index in [9.17, 15) is 5.26 Å². The molecule has 3 aromatic heterocycles. The van der Waals surface area contributed by atoms with Gasteiger partial charge in [0.2, 0.25) is 0 Å². The highest BCUT2D eigenvalue weighted by Crippen LogP contribution is 2.31. The molecule has 90 valence electrons. The number of nitrogens with zero attached hydrogens (tertiary/aromatic N) is 4. The van der Waals surface area contributed by atoms with Crippen LogP contribution < -0.4 is 5.73 Å². The summed E-state index contributed by atoms with van der Waals surface area (Å²) in [7, 11) is 0. The molecule has 5 heteroatoms. The summed E-state index contributed by atoms with van der Waals surface area (Å²) in [5, 5.41) is 10.1. The van der Waals surface area contributed by atoms with Crippen molar-refractivity contribution in [1.29, 1.82) is 5.26 Å². The Bertz CT molecular complexity index is 790. The predicted molar refractivity (Wildman–Crippen MR) is 71.9 cm³/mol. The van der Waals surface area contributed by atoms with Gasteiger partial charge in [-0.3, -0.25) is 4.98 Å². The Morgan fingerprint density at radius 2 is 1.89 bits per heavy atom. The molecule has 0 amide bonds. The quantitative estimate of drug-likeness (QED) is 0.711. The first-order valence-electron chi connectivity index (χ1n) is 5.67. The first-order valence-corrected chi connectivity index (χ1v) is 5.67. The molecular weight excluding hydrogens is 238 g/mol. The van der Waals surface area contributed by atoms with E-state index in [2.05, 4.69) is 21.0 Å². The second kappa shape index (κ2) is 4.35. The fraction of sp³-hybridized carbons (Fsp3) is 0. The van der Waals surface area contributed by atoms with Crippen LogP contribution in [0.5, 0.6) is 0 Å². The molecule has 3 heterocycles. The number of rotatable bonds is 1. The lowest BCUT2D eigenvalue weighted by molar-refractivity contribution is 1.26. The van der Waals surface area contributed by atoms with Gasteiger partial charge < -0.3 is 5.73 Å². The fourth-order valence-corrected chi connectivity index (χ4v) is 2.00. The van der Waals surface area contributed by atoms with E-state index < -0.39 is 0 Å². The summed E-state index contributed by atoms with van der Waals surface area (Å²) in [5.41, 5.74) is 8.05. The van der Waals surface area contributed by atoms with E-state index in [0.29, 0.717) is 22.5 Å². The normalized spacial score (nSPS) is 10.3. The number of fused-ring (bicyclic) bond motifs is 1. The Balaban J connectivity index is 2.48. The third-order valence-electron chi connectivity index (χ3n) is 2.82. The molecule has 0 bridgehead atoms. The van der Waals surface area contributed by atoms with Crippen LogP contribution in [0.2, 0.25) is 0 Å². The third kappa shape index (κ3) is 1.76. The van der Waals surface area contributed by atoms with E-state index in [1.54, 1.807) is 18.5 Å². The number of aromatic nitrogens is 3. The zero-order chi connectivity index (χ0) is 13.2. The highest BCUT2D eigenvalue weighted by Gasteiger charge is 2.15. The largest absolute Gasteiger partial charge is 0.383 e. The number of hydrogen-bond donors (Lipinski definition) is 1. The van der Waals surface area contributed by atoms with E-state index in [0.717, 1.165) is 5.39 Å². The summed E-state index contributed by atoms with van der Waals surface area (Å²) >= 11 is 0. The second-order valence-electron chi connectivity index (χ2n) is 3.95. The molecule has 0 aliphatic carbocycles. The smallest absolute Gasteiger partial charge is 0.162 e. The van der Waals surface area contributed by atoms with Crippen LogP contribution in [-0.4, -0.2) is 15.0 Å². The van der Waals surface area contributed by atoms with Crippen LogP contribution in [0.25, 0.3) is 22.3 Å². The highest BCUT2D eigenvalue weighted by molar-refractivity contribution is 5.96. The average molecular weight is 247 g/mol. The summed E-state index contributed by atoms with van der Waals surface area (Å²) in [6, 6.07) is 11.3. The maximum absolute atomic E-state index is 9.30. The lowest BCUT2D eigenvalue weighted by atomic mass is 10.0. The molecule has 0 aromatic carbocycles. The van der Waals surface area contributed by atoms with Crippen LogP contribution >= 0.6 is 0 Å². The van der Waals surface area contributed by atoms with Gasteiger partial charge in [-0.25, -0.2) is 9.97 Å². The van der Waals surface area contributed by atoms with Crippen molar-refractivity contribution in [2.45, 2.75) is 0 Å². The molecule has 0 aliphatic heterocycles. The van der Waals surface area contributed by atoms with Gasteiger partial charge in [-0.2, -0.15) is 5.26 Å². The minimum Gasteiger partial charge on any atom is -0.383 e. The molecule has 0 radical (unpaired) electrons. The van der Waals surface area contributed by atoms with Crippen molar-refractivity contribution in [3.63, 3.8) is 0 Å². The summed E-state index contributed by atoms with van der Waals surface area (Å²) in [4.78, 5) is 12.6. The van der Waals surface area contributed by atoms with Crippen molar-refractivity contribution in [2.75, 3.05) is 5.73 Å². The van der Waals surface area contributed by atoms with Crippen molar-refractivity contribution >= 4 is 16.9 Å². The summed E-state index contributed by atoms with van der Waals surface area (Å²) in [6.45, 7) is 0. The number of hydrogen-bond acceptors (Lipinski definition) is 5. The lowest BCUT2D eigenvalue weighted by Crippen LogP contribution is -2.00. The molecule has 0 fully saturated rings. The number of nitrogen functional groups attached to an aromatic ring is 1. The van der Waals surface area contributed by atoms with E-state index >= 15 is 0 Å². The van der Waals surface area contributed by atoms with E-state index in [1.165, 1.54) is 0 Å². The third-order valence-corrected chi connectivity index (χ3v) is 2.82. The zero-order valence-electron chi connectivity index (χ0n) is 9.91. The highest BCUT2D eigenvalue weighted by atomic mass is 14.9. The summed E-state index contributed by atoms with van der Waals surface area (Å²) < 4.78 is 0. The van der Waals surface area contributed by atoms with Crippen molar-refractivity contribution < 1.29 is 0 Å². The van der Waals surface area contributed by atoms with Gasteiger partial charge in [0.15, 0.2) is 5.65 Å². The molecule has 0 unspecified atom stereocenters. The summed E-state index contributed by atoms with van der Waals surface area (Å²) in [6.07, 6.45) is 3.32. The summed E-state index contributed by atoms with van der Waals surface area (Å²) in [5.74, 6) is 0.175. The van der Waals surface area contributed by atoms with Crippen LogP contribution in [0.3, 0.4) is 0 Å². The van der Waals surface area contributed by atoms with Crippen molar-refractivity contribution in [1.82, 2.24) is 15.0 Å². The standard InChI is InChI=1S/C14H9N5/c15-8-10-12(11-5-1-2-6-17-11)9-4-3-7-18-14(9)19-13(10)16/h1-7H,(H2,16,18,19). The van der Waals surface area contributed by atoms with Gasteiger partial charge in [-0.1, -0.05) is 6.07 Å². The maximum atomic E-state index is 9.30. The van der Waals surface area contributed by atoms with Crippen LogP contribution in [0, 0.1) is 11.3 Å². The minimum atomic E-state index is 0.175. The van der Waals surface area contributed by atoms with Crippen molar-refractivity contribution in [3.8, 4) is 17.3 Å². The Kier molecular flexibility index (Phi) is 2.54. The molecule has 2 N–H and O–H groups in total. The first-order chi connectivity index (χ1) is 9.31. The fourth-order valence-electron chi connectivity index (χ4n) is 2.00. The predicted octanol–water partition coefficient (Wildman–Crippen LogP) is 2.15. The van der Waals surface area contributed by atoms with Crippen molar-refractivity contribution in [2.24, 2.45) is 0 Å². The molecule has 0 atom stereocenters. The zero-order valence-corrected chi connectivity index (χ0v) is 9.91. The SMILES string of the molecule is N#Cc1c(N)nc2ncccc2c1-c1ccccn1. The molecule has 3 aromatic rings. The Morgan fingerprint density at radius 1 is 1.05 bits per heavy atom. The van der Waals surface area contributed by atoms with E-state index in [4.69, 9.17) is 5.73 Å². The maximum Gasteiger partial charge on any atom is 0.162 e. The Labute approximate surface area is 109 Å². The molecule has 5 nitrogen and oxygen atoms in total. The Hall–Kier alpha value is -3.00. The van der Waals surface area contributed by atoms with Crippen LogP contribution in [0.1, 0.15) is 5.56 Å². The van der Waals surface area contributed by atoms with Crippen LogP contribution in [0.15, 0.2) is 42.7 Å². The van der Waals surface area contributed by atoms with Crippen LogP contribution in [0.4, 0.5) is 5.82 Å². The molecule has 3 rings (SSSR count). The van der Waals surface area contributed by atoms with Crippen molar-refractivity contribution in [3.05, 3.63) is 48.3 Å². The van der Waals surface area contributed by atoms with Gasteiger partial charge in [-0.15, -0.1) is 0 Å². The molecule has 19 heavy (non-hydrogen) atoms. The van der Waals surface area contributed by atoms with Gasteiger partial charge in [0.25, 0.3) is 0 Å². The van der Waals surface area contributed by atoms with Gasteiger partial charge in [0.1, 0.15) is 17.5 Å². The van der Waals surface area contributed by atoms with Crippen LogP contribution in [-0.2, 0) is 0 Å². The topological polar surface area (TPSA) is 88.5 Å².